The number of hydrogen-bond donors (Lipinski definition) is 2. The molecule has 0 saturated heterocycles. The molecule has 0 aliphatic heterocycles. The van der Waals surface area contributed by atoms with Gasteiger partial charge in [0.25, 0.3) is 0 Å². The van der Waals surface area contributed by atoms with E-state index in [-0.39, 0.29) is 5.92 Å². The zero-order valence-electron chi connectivity index (χ0n) is 8.62. The van der Waals surface area contributed by atoms with Gasteiger partial charge in [-0.15, -0.1) is 0 Å². The predicted octanol–water partition coefficient (Wildman–Crippen LogP) is 0.841. The molecule has 1 heterocycles. The summed E-state index contributed by atoms with van der Waals surface area (Å²) in [6.45, 7) is 4.76. The summed E-state index contributed by atoms with van der Waals surface area (Å²) in [7, 11) is 0. The van der Waals surface area contributed by atoms with Crippen LogP contribution in [0.15, 0.2) is 9.32 Å². The van der Waals surface area contributed by atoms with Crippen LogP contribution >= 0.6 is 0 Å². The summed E-state index contributed by atoms with van der Waals surface area (Å²) in [5.74, 6) is 0.723. The van der Waals surface area contributed by atoms with Crippen molar-refractivity contribution >= 4 is 0 Å². The smallest absolute Gasteiger partial charge is 0.330 e. The van der Waals surface area contributed by atoms with Crippen molar-refractivity contribution in [3.8, 4) is 0 Å². The van der Waals surface area contributed by atoms with Crippen LogP contribution < -0.4 is 11.5 Å². The van der Waals surface area contributed by atoms with Gasteiger partial charge >= 0.3 is 5.76 Å². The van der Waals surface area contributed by atoms with E-state index in [9.17, 15) is 4.79 Å². The lowest BCUT2D eigenvalue weighted by Crippen LogP contribution is -2.17. The number of aromatic nitrogens is 2. The van der Waals surface area contributed by atoms with E-state index >= 15 is 0 Å². The summed E-state index contributed by atoms with van der Waals surface area (Å²) in [6.07, 6.45) is 2.02. The minimum absolute atomic E-state index is 0.0939. The van der Waals surface area contributed by atoms with Crippen molar-refractivity contribution in [3.63, 3.8) is 0 Å². The average Bonchev–Trinajstić information content (AvgIpc) is 2.60. The van der Waals surface area contributed by atoms with Gasteiger partial charge in [-0.1, -0.05) is 25.4 Å². The maximum atomic E-state index is 10.7. The summed E-state index contributed by atoms with van der Waals surface area (Å²) < 4.78 is 4.45. The standard InChI is InChI=1S/C9H17N3O2/c1-3-6(2)4-7(5-10)8-11-9(13)14-12-8/h6-7H,3-5,10H2,1-2H3,(H,11,12,13). The molecule has 2 unspecified atom stereocenters. The highest BCUT2D eigenvalue weighted by molar-refractivity contribution is 4.93. The van der Waals surface area contributed by atoms with E-state index < -0.39 is 5.76 Å². The highest BCUT2D eigenvalue weighted by atomic mass is 16.5. The number of nitrogens with zero attached hydrogens (tertiary/aromatic N) is 1. The van der Waals surface area contributed by atoms with E-state index in [1.807, 2.05) is 0 Å². The molecule has 0 aliphatic rings. The molecule has 14 heavy (non-hydrogen) atoms. The van der Waals surface area contributed by atoms with Gasteiger partial charge in [0.05, 0.1) is 0 Å². The first kappa shape index (κ1) is 11.0. The van der Waals surface area contributed by atoms with Crippen LogP contribution in [0.3, 0.4) is 0 Å². The Balaban J connectivity index is 2.67. The van der Waals surface area contributed by atoms with Gasteiger partial charge in [-0.3, -0.25) is 9.51 Å². The fourth-order valence-corrected chi connectivity index (χ4v) is 1.39. The Morgan fingerprint density at radius 1 is 1.64 bits per heavy atom. The van der Waals surface area contributed by atoms with E-state index in [2.05, 4.69) is 28.5 Å². The molecule has 0 bridgehead atoms. The first-order chi connectivity index (χ1) is 6.67. The van der Waals surface area contributed by atoms with Crippen LogP contribution in [-0.2, 0) is 0 Å². The molecule has 0 amide bonds. The molecule has 5 heteroatoms. The number of nitrogens with two attached hydrogens (primary N) is 1. The third kappa shape index (κ3) is 2.70. The van der Waals surface area contributed by atoms with Crippen LogP contribution in [0.1, 0.15) is 38.4 Å². The largest absolute Gasteiger partial charge is 0.438 e. The first-order valence-electron chi connectivity index (χ1n) is 4.93. The van der Waals surface area contributed by atoms with Crippen LogP contribution in [-0.4, -0.2) is 16.7 Å². The molecule has 1 aromatic heterocycles. The highest BCUT2D eigenvalue weighted by Gasteiger charge is 2.17. The Bertz CT molecular complexity index is 318. The lowest BCUT2D eigenvalue weighted by molar-refractivity contribution is 0.369. The lowest BCUT2D eigenvalue weighted by Gasteiger charge is -2.14. The van der Waals surface area contributed by atoms with Crippen molar-refractivity contribution in [2.45, 2.75) is 32.6 Å². The zero-order valence-corrected chi connectivity index (χ0v) is 8.62. The Hall–Kier alpha value is -1.10. The third-order valence-corrected chi connectivity index (χ3v) is 2.51. The number of H-pyrrole nitrogens is 1. The fraction of sp³-hybridized carbons (Fsp3) is 0.778. The van der Waals surface area contributed by atoms with Crippen LogP contribution in [0.5, 0.6) is 0 Å². The van der Waals surface area contributed by atoms with Crippen LogP contribution in [0.2, 0.25) is 0 Å². The summed E-state index contributed by atoms with van der Waals surface area (Å²) in [5.41, 5.74) is 5.61. The minimum atomic E-state index is -0.511. The highest BCUT2D eigenvalue weighted by Crippen LogP contribution is 2.20. The second-order valence-corrected chi connectivity index (χ2v) is 3.66. The molecule has 5 nitrogen and oxygen atoms in total. The summed E-state index contributed by atoms with van der Waals surface area (Å²) in [6, 6.07) is 0. The van der Waals surface area contributed by atoms with Gasteiger partial charge in [0.2, 0.25) is 0 Å². The topological polar surface area (TPSA) is 84.9 Å². The minimum Gasteiger partial charge on any atom is -0.330 e. The maximum Gasteiger partial charge on any atom is 0.438 e. The second-order valence-electron chi connectivity index (χ2n) is 3.66. The molecular weight excluding hydrogens is 182 g/mol. The maximum absolute atomic E-state index is 10.7. The molecule has 0 fully saturated rings. The lowest BCUT2D eigenvalue weighted by atomic mass is 9.93. The van der Waals surface area contributed by atoms with Crippen molar-refractivity contribution in [1.82, 2.24) is 10.1 Å². The molecule has 2 atom stereocenters. The first-order valence-corrected chi connectivity index (χ1v) is 4.93. The molecule has 0 saturated carbocycles. The molecule has 0 aromatic carbocycles. The van der Waals surface area contributed by atoms with Gasteiger partial charge < -0.3 is 5.73 Å². The number of hydrogen-bond acceptors (Lipinski definition) is 4. The predicted molar refractivity (Wildman–Crippen MR) is 53.0 cm³/mol. The van der Waals surface area contributed by atoms with Gasteiger partial charge in [0.15, 0.2) is 5.82 Å². The average molecular weight is 199 g/mol. The van der Waals surface area contributed by atoms with Crippen LogP contribution in [0, 0.1) is 5.92 Å². The third-order valence-electron chi connectivity index (χ3n) is 2.51. The molecule has 0 spiro atoms. The summed E-state index contributed by atoms with van der Waals surface area (Å²) >= 11 is 0. The van der Waals surface area contributed by atoms with Gasteiger partial charge in [-0.25, -0.2) is 4.79 Å². The Morgan fingerprint density at radius 2 is 2.36 bits per heavy atom. The molecule has 1 rings (SSSR count). The summed E-state index contributed by atoms with van der Waals surface area (Å²) in [5, 5.41) is 3.65. The van der Waals surface area contributed by atoms with Gasteiger partial charge in [-0.05, 0) is 12.3 Å². The fourth-order valence-electron chi connectivity index (χ4n) is 1.39. The van der Waals surface area contributed by atoms with E-state index in [1.54, 1.807) is 0 Å². The van der Waals surface area contributed by atoms with Crippen molar-refractivity contribution < 1.29 is 4.52 Å². The quantitative estimate of drug-likeness (QED) is 0.736. The Labute approximate surface area is 82.7 Å². The molecule has 80 valence electrons. The molecule has 0 aliphatic carbocycles. The Morgan fingerprint density at radius 3 is 2.79 bits per heavy atom. The SMILES string of the molecule is CCC(C)CC(CN)c1noc(=O)[nH]1. The van der Waals surface area contributed by atoms with Gasteiger partial charge in [-0.2, -0.15) is 0 Å². The molecule has 0 radical (unpaired) electrons. The number of aromatic amines is 1. The van der Waals surface area contributed by atoms with Crippen molar-refractivity contribution in [2.24, 2.45) is 11.7 Å². The van der Waals surface area contributed by atoms with Gasteiger partial charge in [0.1, 0.15) is 0 Å². The van der Waals surface area contributed by atoms with E-state index in [0.717, 1.165) is 12.8 Å². The van der Waals surface area contributed by atoms with Crippen molar-refractivity contribution in [3.05, 3.63) is 16.4 Å². The van der Waals surface area contributed by atoms with Gasteiger partial charge in [0, 0.05) is 12.5 Å². The van der Waals surface area contributed by atoms with Crippen molar-refractivity contribution in [1.29, 1.82) is 0 Å². The monoisotopic (exact) mass is 199 g/mol. The van der Waals surface area contributed by atoms with Crippen molar-refractivity contribution in [2.75, 3.05) is 6.54 Å². The number of nitrogens with one attached hydrogen (secondary N) is 1. The molecular formula is C9H17N3O2. The van der Waals surface area contributed by atoms with E-state index in [4.69, 9.17) is 5.73 Å². The van der Waals surface area contributed by atoms with E-state index in [1.165, 1.54) is 0 Å². The number of rotatable bonds is 5. The zero-order chi connectivity index (χ0) is 10.6. The molecule has 3 N–H and O–H groups in total. The normalized spacial score (nSPS) is 15.4. The summed E-state index contributed by atoms with van der Waals surface area (Å²) in [4.78, 5) is 13.3. The Kier molecular flexibility index (Phi) is 3.88. The van der Waals surface area contributed by atoms with E-state index in [0.29, 0.717) is 18.3 Å². The van der Waals surface area contributed by atoms with Crippen LogP contribution in [0.4, 0.5) is 0 Å². The molecule has 1 aromatic rings. The second kappa shape index (κ2) is 4.95. The van der Waals surface area contributed by atoms with Crippen LogP contribution in [0.25, 0.3) is 0 Å².